The number of benzene rings is 3. The Labute approximate surface area is 185 Å². The molecule has 0 spiro atoms. The molecule has 1 fully saturated rings. The second-order valence-electron chi connectivity index (χ2n) is 7.64. The van der Waals surface area contributed by atoms with E-state index in [1.165, 1.54) is 0 Å². The van der Waals surface area contributed by atoms with E-state index in [0.29, 0.717) is 22.6 Å². The van der Waals surface area contributed by atoms with Crippen molar-refractivity contribution in [2.45, 2.75) is 12.1 Å². The molecule has 2 aliphatic rings. The number of nitrogens with zero attached hydrogens (tertiary/aromatic N) is 2. The van der Waals surface area contributed by atoms with Gasteiger partial charge < -0.3 is 9.64 Å². The number of methoxy groups -OCH3 is 1. The third-order valence-electron chi connectivity index (χ3n) is 5.85. The monoisotopic (exact) mass is 424 g/mol. The molecule has 0 aromatic heterocycles. The summed E-state index contributed by atoms with van der Waals surface area (Å²) >= 11 is 0. The number of carbonyl (C=O) groups is 3. The largest absolute Gasteiger partial charge is 0.497 e. The van der Waals surface area contributed by atoms with Crippen molar-refractivity contribution in [2.75, 3.05) is 12.0 Å². The fourth-order valence-corrected chi connectivity index (χ4v) is 4.23. The molecule has 2 atom stereocenters. The second-order valence-corrected chi connectivity index (χ2v) is 7.64. The first kappa shape index (κ1) is 19.8. The Kier molecular flexibility index (Phi) is 4.82. The van der Waals surface area contributed by atoms with Crippen LogP contribution in [0.2, 0.25) is 0 Å². The summed E-state index contributed by atoms with van der Waals surface area (Å²) in [5, 5.41) is 0. The van der Waals surface area contributed by atoms with E-state index in [1.807, 2.05) is 42.5 Å². The van der Waals surface area contributed by atoms with Gasteiger partial charge in [0.15, 0.2) is 0 Å². The number of hydrogen-bond acceptors (Lipinski definition) is 4. The van der Waals surface area contributed by atoms with E-state index in [9.17, 15) is 14.4 Å². The quantitative estimate of drug-likeness (QED) is 0.462. The predicted molar refractivity (Wildman–Crippen MR) is 120 cm³/mol. The number of amides is 3. The number of rotatable bonds is 5. The minimum atomic E-state index is -0.899. The van der Waals surface area contributed by atoms with E-state index in [0.717, 1.165) is 10.5 Å². The van der Waals surface area contributed by atoms with Crippen molar-refractivity contribution >= 4 is 29.5 Å². The third kappa shape index (κ3) is 3.08. The first-order chi connectivity index (χ1) is 15.6. The van der Waals surface area contributed by atoms with Gasteiger partial charge in [0.1, 0.15) is 11.8 Å². The number of imide groups is 1. The molecule has 158 valence electrons. The van der Waals surface area contributed by atoms with Crippen molar-refractivity contribution in [3.63, 3.8) is 0 Å². The van der Waals surface area contributed by atoms with Crippen molar-refractivity contribution in [1.82, 2.24) is 4.90 Å². The summed E-state index contributed by atoms with van der Waals surface area (Å²) < 4.78 is 5.21. The summed E-state index contributed by atoms with van der Waals surface area (Å²) in [4.78, 5) is 42.0. The average Bonchev–Trinajstić information content (AvgIpc) is 3.08. The van der Waals surface area contributed by atoms with Crippen LogP contribution in [-0.4, -0.2) is 41.8 Å². The number of fused-ring (bicyclic) bond motifs is 1. The molecule has 0 bridgehead atoms. The predicted octanol–water partition coefficient (Wildman–Crippen LogP) is 3.79. The van der Waals surface area contributed by atoms with Gasteiger partial charge in [-0.3, -0.25) is 19.3 Å². The Morgan fingerprint density at radius 3 is 1.94 bits per heavy atom. The lowest BCUT2D eigenvalue weighted by molar-refractivity contribution is -0.128. The summed E-state index contributed by atoms with van der Waals surface area (Å²) in [7, 11) is 1.58. The second kappa shape index (κ2) is 7.81. The molecule has 2 aliphatic heterocycles. The Hall–Kier alpha value is -4.19. The van der Waals surface area contributed by atoms with Crippen LogP contribution >= 0.6 is 0 Å². The standard InChI is InChI=1S/C26H20N2O4/c1-32-19-14-12-18(13-15-19)27-22(16-11-17-7-3-2-4-8-17)23(26(27)31)28-24(29)20-9-5-6-10-21(20)25(28)30/h2-16,22-23H,1H3/t22?,23-/m0/s1. The molecule has 0 aliphatic carbocycles. The summed E-state index contributed by atoms with van der Waals surface area (Å²) in [6.45, 7) is 0. The lowest BCUT2D eigenvalue weighted by Gasteiger charge is -2.48. The molecule has 2 heterocycles. The van der Waals surface area contributed by atoms with Gasteiger partial charge in [-0.05, 0) is 42.0 Å². The van der Waals surface area contributed by atoms with Gasteiger partial charge in [-0.1, -0.05) is 54.6 Å². The van der Waals surface area contributed by atoms with Crippen LogP contribution in [0.4, 0.5) is 5.69 Å². The first-order valence-corrected chi connectivity index (χ1v) is 10.3. The maximum absolute atomic E-state index is 13.3. The van der Waals surface area contributed by atoms with Gasteiger partial charge in [-0.25, -0.2) is 0 Å². The topological polar surface area (TPSA) is 66.9 Å². The summed E-state index contributed by atoms with van der Waals surface area (Å²) in [6, 6.07) is 22.1. The Balaban J connectivity index is 1.51. The Bertz CT molecular complexity index is 1200. The maximum Gasteiger partial charge on any atom is 0.262 e. The van der Waals surface area contributed by atoms with Crippen LogP contribution in [0, 0.1) is 0 Å². The van der Waals surface area contributed by atoms with Crippen LogP contribution in [0.15, 0.2) is 84.9 Å². The highest BCUT2D eigenvalue weighted by molar-refractivity contribution is 6.24. The molecule has 0 saturated carbocycles. The molecule has 0 N–H and O–H groups in total. The van der Waals surface area contributed by atoms with Crippen molar-refractivity contribution in [3.8, 4) is 5.75 Å². The molecule has 6 heteroatoms. The molecule has 0 radical (unpaired) electrons. The molecule has 3 amide bonds. The van der Waals surface area contributed by atoms with Crippen molar-refractivity contribution in [2.24, 2.45) is 0 Å². The van der Waals surface area contributed by atoms with E-state index >= 15 is 0 Å². The Morgan fingerprint density at radius 1 is 0.750 bits per heavy atom. The van der Waals surface area contributed by atoms with E-state index in [2.05, 4.69) is 0 Å². The minimum Gasteiger partial charge on any atom is -0.497 e. The zero-order valence-corrected chi connectivity index (χ0v) is 17.3. The summed E-state index contributed by atoms with van der Waals surface area (Å²) in [6.07, 6.45) is 3.77. The molecule has 5 rings (SSSR count). The zero-order chi connectivity index (χ0) is 22.2. The highest BCUT2D eigenvalue weighted by atomic mass is 16.5. The van der Waals surface area contributed by atoms with Crippen LogP contribution in [0.3, 0.4) is 0 Å². The fraction of sp³-hybridized carbons (Fsp3) is 0.115. The smallest absolute Gasteiger partial charge is 0.262 e. The average molecular weight is 424 g/mol. The molecule has 1 unspecified atom stereocenters. The molecule has 3 aromatic carbocycles. The Morgan fingerprint density at radius 2 is 1.34 bits per heavy atom. The van der Waals surface area contributed by atoms with Gasteiger partial charge in [0.2, 0.25) is 0 Å². The zero-order valence-electron chi connectivity index (χ0n) is 17.3. The molecule has 1 saturated heterocycles. The molecular formula is C26H20N2O4. The van der Waals surface area contributed by atoms with E-state index < -0.39 is 23.9 Å². The van der Waals surface area contributed by atoms with Gasteiger partial charge >= 0.3 is 0 Å². The molecule has 32 heavy (non-hydrogen) atoms. The highest BCUT2D eigenvalue weighted by Crippen LogP contribution is 2.37. The third-order valence-corrected chi connectivity index (χ3v) is 5.85. The van der Waals surface area contributed by atoms with Gasteiger partial charge in [-0.15, -0.1) is 0 Å². The van der Waals surface area contributed by atoms with Gasteiger partial charge in [0, 0.05) is 5.69 Å². The van der Waals surface area contributed by atoms with Gasteiger partial charge in [-0.2, -0.15) is 0 Å². The number of ether oxygens (including phenoxy) is 1. The van der Waals surface area contributed by atoms with Gasteiger partial charge in [0.25, 0.3) is 17.7 Å². The SMILES string of the molecule is COc1ccc(N2C(=O)[C@@H](N3C(=O)c4ccccc4C3=O)C2C=Cc2ccccc2)cc1. The first-order valence-electron chi connectivity index (χ1n) is 10.3. The van der Waals surface area contributed by atoms with Crippen LogP contribution in [-0.2, 0) is 4.79 Å². The van der Waals surface area contributed by atoms with E-state index in [1.54, 1.807) is 60.5 Å². The van der Waals surface area contributed by atoms with Crippen LogP contribution < -0.4 is 9.64 Å². The number of hydrogen-bond donors (Lipinski definition) is 0. The normalized spacial score (nSPS) is 20.0. The van der Waals surface area contributed by atoms with Crippen molar-refractivity contribution < 1.29 is 19.1 Å². The van der Waals surface area contributed by atoms with Crippen molar-refractivity contribution in [3.05, 3.63) is 102 Å². The molecular weight excluding hydrogens is 404 g/mol. The van der Waals surface area contributed by atoms with E-state index in [-0.39, 0.29) is 5.91 Å². The number of anilines is 1. The van der Waals surface area contributed by atoms with Gasteiger partial charge in [0.05, 0.1) is 24.3 Å². The lowest BCUT2D eigenvalue weighted by atomic mass is 9.91. The maximum atomic E-state index is 13.3. The molecule has 3 aromatic rings. The van der Waals surface area contributed by atoms with Crippen LogP contribution in [0.25, 0.3) is 6.08 Å². The minimum absolute atomic E-state index is 0.299. The lowest BCUT2D eigenvalue weighted by Crippen LogP contribution is -2.71. The van der Waals surface area contributed by atoms with Crippen LogP contribution in [0.5, 0.6) is 5.75 Å². The van der Waals surface area contributed by atoms with Crippen molar-refractivity contribution in [1.29, 1.82) is 0 Å². The summed E-state index contributed by atoms with van der Waals surface area (Å²) in [5.74, 6) is -0.490. The van der Waals surface area contributed by atoms with E-state index in [4.69, 9.17) is 4.74 Å². The van der Waals surface area contributed by atoms with Crippen LogP contribution in [0.1, 0.15) is 26.3 Å². The molecule has 6 nitrogen and oxygen atoms in total. The highest BCUT2D eigenvalue weighted by Gasteiger charge is 2.55. The number of carbonyl (C=O) groups excluding carboxylic acids is 3. The number of β-lactam (4-membered cyclic amide) rings is 1. The summed E-state index contributed by atoms with van der Waals surface area (Å²) in [5.41, 5.74) is 2.30. The fourth-order valence-electron chi connectivity index (χ4n) is 4.23.